The van der Waals surface area contributed by atoms with Crippen molar-refractivity contribution in [3.05, 3.63) is 65.2 Å². The van der Waals surface area contributed by atoms with Crippen molar-refractivity contribution in [1.82, 2.24) is 10.2 Å². The van der Waals surface area contributed by atoms with Gasteiger partial charge in [-0.2, -0.15) is 0 Å². The summed E-state index contributed by atoms with van der Waals surface area (Å²) in [5.74, 6) is -0.223. The predicted molar refractivity (Wildman–Crippen MR) is 109 cm³/mol. The molecule has 1 atom stereocenters. The van der Waals surface area contributed by atoms with Crippen molar-refractivity contribution in [3.8, 4) is 0 Å². The number of anilines is 1. The van der Waals surface area contributed by atoms with E-state index < -0.39 is 6.04 Å². The van der Waals surface area contributed by atoms with Gasteiger partial charge in [-0.1, -0.05) is 36.4 Å². The van der Waals surface area contributed by atoms with Crippen molar-refractivity contribution in [2.45, 2.75) is 19.0 Å². The number of carbonyl (C=O) groups is 2. The van der Waals surface area contributed by atoms with Crippen LogP contribution >= 0.6 is 0 Å². The van der Waals surface area contributed by atoms with Gasteiger partial charge in [-0.05, 0) is 28.8 Å². The molecule has 1 aliphatic rings. The topological polar surface area (TPSA) is 61.9 Å². The van der Waals surface area contributed by atoms with Gasteiger partial charge in [0.2, 0.25) is 11.8 Å². The first kappa shape index (κ1) is 19.9. The molecule has 0 saturated heterocycles. The van der Waals surface area contributed by atoms with E-state index in [1.807, 2.05) is 67.5 Å². The maximum absolute atomic E-state index is 13.1. The number of amides is 2. The molecule has 6 heteroatoms. The van der Waals surface area contributed by atoms with Gasteiger partial charge in [0, 0.05) is 40.0 Å². The van der Waals surface area contributed by atoms with Crippen molar-refractivity contribution >= 4 is 17.5 Å². The number of ether oxygens (including phenoxy) is 1. The van der Waals surface area contributed by atoms with Crippen molar-refractivity contribution in [2.75, 3.05) is 39.3 Å². The standard InChI is InChI=1S/C22H27N3O3/c1-24(2)18-10-8-16(9-11-18)15-23-22(27)21-19-7-5-4-6-17(19)14-20(26)25(21)12-13-28-3/h4-11,21H,12-15H2,1-3H3,(H,23,27). The van der Waals surface area contributed by atoms with Crippen molar-refractivity contribution in [2.24, 2.45) is 0 Å². The summed E-state index contributed by atoms with van der Waals surface area (Å²) in [6, 6.07) is 15.1. The summed E-state index contributed by atoms with van der Waals surface area (Å²) < 4.78 is 5.14. The number of nitrogens with one attached hydrogen (secondary N) is 1. The minimum atomic E-state index is -0.631. The molecule has 0 radical (unpaired) electrons. The van der Waals surface area contributed by atoms with Crippen molar-refractivity contribution in [1.29, 1.82) is 0 Å². The Balaban J connectivity index is 1.77. The number of hydrogen-bond acceptors (Lipinski definition) is 4. The van der Waals surface area contributed by atoms with Crippen LogP contribution in [-0.4, -0.2) is 51.1 Å². The lowest BCUT2D eigenvalue weighted by molar-refractivity contribution is -0.142. The van der Waals surface area contributed by atoms with Crippen molar-refractivity contribution in [3.63, 3.8) is 0 Å². The first-order valence-electron chi connectivity index (χ1n) is 9.41. The van der Waals surface area contributed by atoms with Crippen LogP contribution in [0.3, 0.4) is 0 Å². The minimum Gasteiger partial charge on any atom is -0.383 e. The van der Waals surface area contributed by atoms with E-state index in [2.05, 4.69) is 5.32 Å². The van der Waals surface area contributed by atoms with E-state index in [4.69, 9.17) is 4.74 Å². The van der Waals surface area contributed by atoms with Crippen LogP contribution in [-0.2, 0) is 27.3 Å². The van der Waals surface area contributed by atoms with Gasteiger partial charge < -0.3 is 19.9 Å². The number of rotatable bonds is 7. The quantitative estimate of drug-likeness (QED) is 0.798. The smallest absolute Gasteiger partial charge is 0.247 e. The highest BCUT2D eigenvalue weighted by atomic mass is 16.5. The highest BCUT2D eigenvalue weighted by molar-refractivity contribution is 5.92. The molecule has 0 aromatic heterocycles. The van der Waals surface area contributed by atoms with Gasteiger partial charge in [-0.25, -0.2) is 0 Å². The summed E-state index contributed by atoms with van der Waals surface area (Å²) in [5.41, 5.74) is 3.92. The Morgan fingerprint density at radius 2 is 1.89 bits per heavy atom. The molecule has 28 heavy (non-hydrogen) atoms. The third kappa shape index (κ3) is 4.34. The van der Waals surface area contributed by atoms with Gasteiger partial charge in [0.15, 0.2) is 0 Å². The molecular weight excluding hydrogens is 354 g/mol. The second-order valence-corrected chi connectivity index (χ2v) is 7.14. The fourth-order valence-corrected chi connectivity index (χ4v) is 3.46. The van der Waals surface area contributed by atoms with E-state index in [-0.39, 0.29) is 11.8 Å². The van der Waals surface area contributed by atoms with Gasteiger partial charge >= 0.3 is 0 Å². The third-order valence-corrected chi connectivity index (χ3v) is 5.03. The molecule has 6 nitrogen and oxygen atoms in total. The average molecular weight is 381 g/mol. The van der Waals surface area contributed by atoms with Gasteiger partial charge in [-0.15, -0.1) is 0 Å². The number of carbonyl (C=O) groups excluding carboxylic acids is 2. The zero-order chi connectivity index (χ0) is 20.1. The van der Waals surface area contributed by atoms with Crippen LogP contribution in [0.4, 0.5) is 5.69 Å². The van der Waals surface area contributed by atoms with Crippen LogP contribution in [0.1, 0.15) is 22.7 Å². The van der Waals surface area contributed by atoms with Gasteiger partial charge in [0.25, 0.3) is 0 Å². The highest BCUT2D eigenvalue weighted by Gasteiger charge is 2.36. The average Bonchev–Trinajstić information content (AvgIpc) is 2.70. The van der Waals surface area contributed by atoms with E-state index in [9.17, 15) is 9.59 Å². The van der Waals surface area contributed by atoms with E-state index in [1.54, 1.807) is 12.0 Å². The molecule has 1 unspecified atom stereocenters. The van der Waals surface area contributed by atoms with Crippen LogP contribution in [0.15, 0.2) is 48.5 Å². The second-order valence-electron chi connectivity index (χ2n) is 7.14. The number of hydrogen-bond donors (Lipinski definition) is 1. The summed E-state index contributed by atoms with van der Waals surface area (Å²) in [5, 5.41) is 3.00. The number of nitrogens with zero attached hydrogens (tertiary/aromatic N) is 2. The summed E-state index contributed by atoms with van der Waals surface area (Å²) >= 11 is 0. The predicted octanol–water partition coefficient (Wildman–Crippen LogP) is 2.14. The SMILES string of the molecule is COCCN1C(=O)Cc2ccccc2C1C(=O)NCc1ccc(N(C)C)cc1. The largest absolute Gasteiger partial charge is 0.383 e. The first-order chi connectivity index (χ1) is 13.5. The van der Waals surface area contributed by atoms with E-state index in [0.29, 0.717) is 26.1 Å². The van der Waals surface area contributed by atoms with Gasteiger partial charge in [0.1, 0.15) is 6.04 Å². The van der Waals surface area contributed by atoms with Crippen LogP contribution in [0.5, 0.6) is 0 Å². The Morgan fingerprint density at radius 3 is 2.57 bits per heavy atom. The van der Waals surface area contributed by atoms with E-state index in [1.165, 1.54) is 0 Å². The monoisotopic (exact) mass is 381 g/mol. The van der Waals surface area contributed by atoms with E-state index in [0.717, 1.165) is 22.4 Å². The van der Waals surface area contributed by atoms with Crippen LogP contribution in [0.2, 0.25) is 0 Å². The minimum absolute atomic E-state index is 0.0498. The molecule has 0 fully saturated rings. The molecular formula is C22H27N3O3. The molecule has 2 aromatic rings. The first-order valence-corrected chi connectivity index (χ1v) is 9.41. The van der Waals surface area contributed by atoms with Crippen LogP contribution in [0.25, 0.3) is 0 Å². The normalized spacial score (nSPS) is 15.9. The lowest BCUT2D eigenvalue weighted by Crippen LogP contribution is -2.48. The zero-order valence-electron chi connectivity index (χ0n) is 16.6. The number of benzene rings is 2. The van der Waals surface area contributed by atoms with Crippen LogP contribution < -0.4 is 10.2 Å². The molecule has 3 rings (SSSR count). The number of fused-ring (bicyclic) bond motifs is 1. The number of methoxy groups -OCH3 is 1. The maximum atomic E-state index is 13.1. The Bertz CT molecular complexity index is 833. The molecule has 0 bridgehead atoms. The molecule has 0 spiro atoms. The highest BCUT2D eigenvalue weighted by Crippen LogP contribution is 2.30. The fourth-order valence-electron chi connectivity index (χ4n) is 3.46. The van der Waals surface area contributed by atoms with Crippen LogP contribution in [0, 0.1) is 0 Å². The van der Waals surface area contributed by atoms with E-state index >= 15 is 0 Å². The molecule has 0 aliphatic carbocycles. The Labute approximate surface area is 166 Å². The summed E-state index contributed by atoms with van der Waals surface area (Å²) in [7, 11) is 5.57. The summed E-state index contributed by atoms with van der Waals surface area (Å²) in [6.45, 7) is 1.19. The van der Waals surface area contributed by atoms with Crippen molar-refractivity contribution < 1.29 is 14.3 Å². The molecule has 1 N–H and O–H groups in total. The lowest BCUT2D eigenvalue weighted by Gasteiger charge is -2.36. The molecule has 1 aliphatic heterocycles. The molecule has 148 valence electrons. The molecule has 2 aromatic carbocycles. The maximum Gasteiger partial charge on any atom is 0.247 e. The Hall–Kier alpha value is -2.86. The lowest BCUT2D eigenvalue weighted by atomic mass is 9.91. The second kappa shape index (κ2) is 8.89. The zero-order valence-corrected chi connectivity index (χ0v) is 16.6. The molecule has 2 amide bonds. The van der Waals surface area contributed by atoms with Gasteiger partial charge in [-0.3, -0.25) is 9.59 Å². The molecule has 0 saturated carbocycles. The molecule has 1 heterocycles. The van der Waals surface area contributed by atoms with Gasteiger partial charge in [0.05, 0.1) is 13.0 Å². The third-order valence-electron chi connectivity index (χ3n) is 5.03. The Kier molecular flexibility index (Phi) is 6.31. The Morgan fingerprint density at radius 1 is 1.18 bits per heavy atom. The summed E-state index contributed by atoms with van der Waals surface area (Å²) in [6.07, 6.45) is 0.315. The fraction of sp³-hybridized carbons (Fsp3) is 0.364. The summed E-state index contributed by atoms with van der Waals surface area (Å²) in [4.78, 5) is 29.4.